The van der Waals surface area contributed by atoms with Gasteiger partial charge in [0.2, 0.25) is 11.8 Å². The number of amides is 1. The van der Waals surface area contributed by atoms with Crippen molar-refractivity contribution in [3.05, 3.63) is 42.0 Å². The molecule has 1 saturated heterocycles. The number of oxazole rings is 1. The van der Waals surface area contributed by atoms with E-state index in [4.69, 9.17) is 4.42 Å². The molecule has 0 bridgehead atoms. The first kappa shape index (κ1) is 17.6. The summed E-state index contributed by atoms with van der Waals surface area (Å²) >= 11 is 0. The van der Waals surface area contributed by atoms with Crippen molar-refractivity contribution in [3.8, 4) is 11.5 Å². The van der Waals surface area contributed by atoms with Crippen molar-refractivity contribution >= 4 is 5.91 Å². The van der Waals surface area contributed by atoms with Gasteiger partial charge in [0.15, 0.2) is 0 Å². The van der Waals surface area contributed by atoms with Gasteiger partial charge < -0.3 is 14.6 Å². The van der Waals surface area contributed by atoms with Gasteiger partial charge in [-0.2, -0.15) is 0 Å². The molecule has 0 aliphatic carbocycles. The van der Waals surface area contributed by atoms with Crippen LogP contribution in [0.4, 0.5) is 4.39 Å². The van der Waals surface area contributed by atoms with E-state index in [1.165, 1.54) is 18.4 Å². The molecule has 0 radical (unpaired) electrons. The Morgan fingerprint density at radius 3 is 2.72 bits per heavy atom. The minimum absolute atomic E-state index is 0.0905. The minimum Gasteiger partial charge on any atom is -0.444 e. The van der Waals surface area contributed by atoms with Crippen molar-refractivity contribution in [1.82, 2.24) is 15.2 Å². The molecule has 3 rings (SSSR count). The van der Waals surface area contributed by atoms with Crippen LogP contribution in [0.25, 0.3) is 11.5 Å². The zero-order valence-electron chi connectivity index (χ0n) is 14.5. The molecule has 1 aliphatic rings. The van der Waals surface area contributed by atoms with Crippen molar-refractivity contribution in [2.45, 2.75) is 38.6 Å². The third-order valence-electron chi connectivity index (χ3n) is 4.51. The predicted octanol–water partition coefficient (Wildman–Crippen LogP) is 3.01. The lowest BCUT2D eigenvalue weighted by molar-refractivity contribution is -0.133. The van der Waals surface area contributed by atoms with Crippen LogP contribution in [0.15, 0.2) is 34.9 Å². The summed E-state index contributed by atoms with van der Waals surface area (Å²) in [6.07, 6.45) is 4.67. The molecular formula is C19H24FN3O2. The molecule has 1 N–H and O–H groups in total. The van der Waals surface area contributed by atoms with Crippen LogP contribution in [-0.4, -0.2) is 41.5 Å². The van der Waals surface area contributed by atoms with E-state index in [0.29, 0.717) is 23.2 Å². The molecule has 134 valence electrons. The van der Waals surface area contributed by atoms with E-state index in [1.54, 1.807) is 12.1 Å². The van der Waals surface area contributed by atoms with Crippen molar-refractivity contribution < 1.29 is 13.6 Å². The molecular weight excluding hydrogens is 321 g/mol. The van der Waals surface area contributed by atoms with E-state index >= 15 is 0 Å². The van der Waals surface area contributed by atoms with Gasteiger partial charge in [-0.05, 0) is 56.6 Å². The van der Waals surface area contributed by atoms with Crippen LogP contribution in [0.1, 0.15) is 31.9 Å². The van der Waals surface area contributed by atoms with Crippen LogP contribution in [0.3, 0.4) is 0 Å². The van der Waals surface area contributed by atoms with Gasteiger partial charge in [-0.25, -0.2) is 9.37 Å². The highest BCUT2D eigenvalue weighted by Crippen LogP contribution is 2.20. The standard InChI is InChI=1S/C19H24FN3O2/c1-2-11-23(17-7-9-21-10-8-17)18(24)12-16-13-25-19(22-16)14-3-5-15(20)6-4-14/h3-6,13,17,21H,2,7-12H2,1H3. The Kier molecular flexibility index (Phi) is 5.81. The zero-order chi connectivity index (χ0) is 17.6. The molecule has 0 spiro atoms. The maximum Gasteiger partial charge on any atom is 0.228 e. The van der Waals surface area contributed by atoms with Gasteiger partial charge in [0.1, 0.15) is 12.1 Å². The third kappa shape index (κ3) is 4.45. The number of nitrogens with one attached hydrogen (secondary N) is 1. The lowest BCUT2D eigenvalue weighted by atomic mass is 10.0. The summed E-state index contributed by atoms with van der Waals surface area (Å²) in [6.45, 7) is 4.77. The predicted molar refractivity (Wildman–Crippen MR) is 93.5 cm³/mol. The normalized spacial score (nSPS) is 15.3. The van der Waals surface area contributed by atoms with E-state index in [0.717, 1.165) is 38.9 Å². The van der Waals surface area contributed by atoms with Gasteiger partial charge in [-0.15, -0.1) is 0 Å². The number of carbonyl (C=O) groups is 1. The van der Waals surface area contributed by atoms with Gasteiger partial charge in [-0.3, -0.25) is 4.79 Å². The SMILES string of the molecule is CCCN(C(=O)Cc1coc(-c2ccc(F)cc2)n1)C1CCNCC1. The topological polar surface area (TPSA) is 58.4 Å². The molecule has 25 heavy (non-hydrogen) atoms. The Morgan fingerprint density at radius 1 is 1.32 bits per heavy atom. The zero-order valence-corrected chi connectivity index (χ0v) is 14.5. The summed E-state index contributed by atoms with van der Waals surface area (Å²) in [4.78, 5) is 19.1. The van der Waals surface area contributed by atoms with E-state index < -0.39 is 0 Å². The Labute approximate surface area is 147 Å². The Morgan fingerprint density at radius 2 is 2.04 bits per heavy atom. The largest absolute Gasteiger partial charge is 0.444 e. The van der Waals surface area contributed by atoms with Crippen molar-refractivity contribution in [1.29, 1.82) is 0 Å². The first-order valence-electron chi connectivity index (χ1n) is 8.88. The fourth-order valence-corrected chi connectivity index (χ4v) is 3.24. The average molecular weight is 345 g/mol. The third-order valence-corrected chi connectivity index (χ3v) is 4.51. The number of nitrogens with zero attached hydrogens (tertiary/aromatic N) is 2. The second kappa shape index (κ2) is 8.25. The lowest BCUT2D eigenvalue weighted by Gasteiger charge is -2.34. The summed E-state index contributed by atoms with van der Waals surface area (Å²) in [5.74, 6) is 0.197. The Balaban J connectivity index is 1.67. The highest BCUT2D eigenvalue weighted by molar-refractivity contribution is 5.78. The second-order valence-electron chi connectivity index (χ2n) is 6.40. The molecule has 2 heterocycles. The smallest absolute Gasteiger partial charge is 0.228 e. The van der Waals surface area contributed by atoms with Gasteiger partial charge in [0.25, 0.3) is 0 Å². The van der Waals surface area contributed by atoms with Crippen LogP contribution in [0.2, 0.25) is 0 Å². The summed E-state index contributed by atoms with van der Waals surface area (Å²) in [7, 11) is 0. The van der Waals surface area contributed by atoms with E-state index in [2.05, 4.69) is 17.2 Å². The quantitative estimate of drug-likeness (QED) is 0.874. The molecule has 1 fully saturated rings. The fraction of sp³-hybridized carbons (Fsp3) is 0.474. The number of hydrogen-bond donors (Lipinski definition) is 1. The highest BCUT2D eigenvalue weighted by atomic mass is 19.1. The minimum atomic E-state index is -0.303. The molecule has 0 unspecified atom stereocenters. The molecule has 1 aliphatic heterocycles. The fourth-order valence-electron chi connectivity index (χ4n) is 3.24. The van der Waals surface area contributed by atoms with Crippen LogP contribution < -0.4 is 5.32 Å². The second-order valence-corrected chi connectivity index (χ2v) is 6.40. The van der Waals surface area contributed by atoms with E-state index in [-0.39, 0.29) is 18.1 Å². The van der Waals surface area contributed by atoms with Crippen LogP contribution in [0, 0.1) is 5.82 Å². The highest BCUT2D eigenvalue weighted by Gasteiger charge is 2.25. The molecule has 0 saturated carbocycles. The number of hydrogen-bond acceptors (Lipinski definition) is 4. The number of benzene rings is 1. The molecule has 1 aromatic heterocycles. The summed E-state index contributed by atoms with van der Waals surface area (Å²) < 4.78 is 18.5. The van der Waals surface area contributed by atoms with Crippen LogP contribution >= 0.6 is 0 Å². The summed E-state index contributed by atoms with van der Waals surface area (Å²) in [5, 5.41) is 3.33. The molecule has 2 aromatic rings. The maximum atomic E-state index is 13.0. The van der Waals surface area contributed by atoms with Crippen LogP contribution in [-0.2, 0) is 11.2 Å². The number of halogens is 1. The van der Waals surface area contributed by atoms with Gasteiger partial charge in [0, 0.05) is 18.2 Å². The Bertz CT molecular complexity index is 693. The number of piperidine rings is 1. The number of rotatable bonds is 6. The monoisotopic (exact) mass is 345 g/mol. The average Bonchev–Trinajstić information content (AvgIpc) is 3.09. The Hall–Kier alpha value is -2.21. The van der Waals surface area contributed by atoms with E-state index in [9.17, 15) is 9.18 Å². The van der Waals surface area contributed by atoms with Gasteiger partial charge in [-0.1, -0.05) is 6.92 Å². The molecule has 6 heteroatoms. The van der Waals surface area contributed by atoms with Crippen molar-refractivity contribution in [2.75, 3.05) is 19.6 Å². The number of aromatic nitrogens is 1. The van der Waals surface area contributed by atoms with E-state index in [1.807, 2.05) is 4.90 Å². The lowest BCUT2D eigenvalue weighted by Crippen LogP contribution is -2.47. The van der Waals surface area contributed by atoms with Gasteiger partial charge in [0.05, 0.1) is 12.1 Å². The molecule has 1 amide bonds. The first-order chi connectivity index (χ1) is 12.2. The molecule has 1 aromatic carbocycles. The summed E-state index contributed by atoms with van der Waals surface area (Å²) in [6, 6.07) is 6.27. The number of carbonyl (C=O) groups excluding carboxylic acids is 1. The first-order valence-corrected chi connectivity index (χ1v) is 8.88. The summed E-state index contributed by atoms with van der Waals surface area (Å²) in [5.41, 5.74) is 1.31. The van der Waals surface area contributed by atoms with Crippen LogP contribution in [0.5, 0.6) is 0 Å². The maximum absolute atomic E-state index is 13.0. The van der Waals surface area contributed by atoms with Crippen molar-refractivity contribution in [2.24, 2.45) is 0 Å². The van der Waals surface area contributed by atoms with Gasteiger partial charge >= 0.3 is 0 Å². The molecule has 0 atom stereocenters. The molecule has 5 nitrogen and oxygen atoms in total. The van der Waals surface area contributed by atoms with Crippen molar-refractivity contribution in [3.63, 3.8) is 0 Å².